The first-order valence-corrected chi connectivity index (χ1v) is 12.7. The lowest BCUT2D eigenvalue weighted by Crippen LogP contribution is -2.28. The van der Waals surface area contributed by atoms with E-state index in [4.69, 9.17) is 21.4 Å². The third-order valence-corrected chi connectivity index (χ3v) is 7.58. The first kappa shape index (κ1) is 23.3. The fourth-order valence-corrected chi connectivity index (χ4v) is 5.25. The zero-order valence-corrected chi connectivity index (χ0v) is 21.2. The molecule has 4 heterocycles. The monoisotopic (exact) mass is 507 g/mol. The second kappa shape index (κ2) is 8.78. The third-order valence-electron chi connectivity index (χ3n) is 7.34. The fourth-order valence-electron chi connectivity index (χ4n) is 5.09. The van der Waals surface area contributed by atoms with Crippen LogP contribution in [-0.2, 0) is 4.74 Å². The number of nitrogens with zero attached hydrogens (tertiary/aromatic N) is 5. The van der Waals surface area contributed by atoms with Gasteiger partial charge in [-0.05, 0) is 70.7 Å². The number of ether oxygens (including phenoxy) is 1. The van der Waals surface area contributed by atoms with Gasteiger partial charge in [0.2, 0.25) is 0 Å². The normalized spacial score (nSPS) is 22.3. The van der Waals surface area contributed by atoms with Crippen LogP contribution in [0.3, 0.4) is 0 Å². The van der Waals surface area contributed by atoms with Crippen molar-refractivity contribution in [3.63, 3.8) is 0 Å². The minimum Gasteiger partial charge on any atom is -0.370 e. The predicted octanol–water partition coefficient (Wildman–Crippen LogP) is 5.72. The van der Waals surface area contributed by atoms with Gasteiger partial charge in [-0.2, -0.15) is 14.7 Å². The van der Waals surface area contributed by atoms with Crippen LogP contribution in [-0.4, -0.2) is 30.5 Å². The molecule has 0 N–H and O–H groups in total. The summed E-state index contributed by atoms with van der Waals surface area (Å²) in [6, 6.07) is 6.91. The molecule has 1 saturated carbocycles. The Kier molecular flexibility index (Phi) is 5.68. The molecule has 1 aliphatic heterocycles. The predicted molar refractivity (Wildman–Crippen MR) is 135 cm³/mol. The average molecular weight is 508 g/mol. The molecular formula is C27H27ClFN5O2. The van der Waals surface area contributed by atoms with E-state index >= 15 is 4.39 Å². The zero-order chi connectivity index (χ0) is 25.1. The molecule has 2 fully saturated rings. The second-order valence-electron chi connectivity index (χ2n) is 10.1. The molecule has 186 valence electrons. The van der Waals surface area contributed by atoms with Crippen molar-refractivity contribution in [2.45, 2.75) is 70.6 Å². The molecule has 0 amide bonds. The highest BCUT2D eigenvalue weighted by molar-refractivity contribution is 6.30. The van der Waals surface area contributed by atoms with Crippen molar-refractivity contribution in [1.29, 1.82) is 0 Å². The number of hydrogen-bond acceptors (Lipinski definition) is 5. The lowest BCUT2D eigenvalue weighted by molar-refractivity contribution is -0.0507. The summed E-state index contributed by atoms with van der Waals surface area (Å²) in [6.07, 6.45) is 7.59. The molecule has 0 radical (unpaired) electrons. The number of hydrogen-bond donors (Lipinski definition) is 0. The Morgan fingerprint density at radius 3 is 2.69 bits per heavy atom. The molecule has 36 heavy (non-hydrogen) atoms. The summed E-state index contributed by atoms with van der Waals surface area (Å²) in [5.41, 5.74) is 3.81. The fraction of sp³-hybridized carbons (Fsp3) is 0.407. The smallest absolute Gasteiger partial charge is 0.277 e. The largest absolute Gasteiger partial charge is 0.370 e. The van der Waals surface area contributed by atoms with Crippen LogP contribution in [0.25, 0.3) is 16.8 Å². The molecule has 1 aromatic carbocycles. The molecule has 2 aliphatic rings. The number of halogens is 2. The minimum atomic E-state index is -0.472. The Morgan fingerprint density at radius 2 is 1.94 bits per heavy atom. The third kappa shape index (κ3) is 4.12. The Balaban J connectivity index is 1.47. The molecule has 4 aromatic rings. The summed E-state index contributed by atoms with van der Waals surface area (Å²) in [7, 11) is 0. The van der Waals surface area contributed by atoms with E-state index in [0.717, 1.165) is 12.0 Å². The van der Waals surface area contributed by atoms with Crippen LogP contribution in [0.4, 0.5) is 4.39 Å². The van der Waals surface area contributed by atoms with Gasteiger partial charge in [-0.1, -0.05) is 11.6 Å². The van der Waals surface area contributed by atoms with Crippen LogP contribution in [0.2, 0.25) is 5.02 Å². The van der Waals surface area contributed by atoms with Crippen molar-refractivity contribution in [3.8, 4) is 11.1 Å². The van der Waals surface area contributed by atoms with E-state index in [-0.39, 0.29) is 23.7 Å². The summed E-state index contributed by atoms with van der Waals surface area (Å²) in [4.78, 5) is 17.9. The van der Waals surface area contributed by atoms with Gasteiger partial charge in [-0.25, -0.2) is 9.37 Å². The SMILES string of the molecule is Cc1nc2c(-c3ccc(Cl)cc3F)cc([C@H]3C[C@@H](C)O[C@@H](c4cnn(C5CC5)c4)C3)nn2c(=O)c1C. The summed E-state index contributed by atoms with van der Waals surface area (Å²) >= 11 is 6.02. The van der Waals surface area contributed by atoms with E-state index in [9.17, 15) is 4.79 Å². The van der Waals surface area contributed by atoms with Crippen LogP contribution >= 0.6 is 11.6 Å². The van der Waals surface area contributed by atoms with Crippen molar-refractivity contribution in [2.24, 2.45) is 0 Å². The highest BCUT2D eigenvalue weighted by Gasteiger charge is 2.33. The van der Waals surface area contributed by atoms with Crippen molar-refractivity contribution in [1.82, 2.24) is 24.4 Å². The van der Waals surface area contributed by atoms with Gasteiger partial charge < -0.3 is 4.74 Å². The first-order chi connectivity index (χ1) is 17.3. The van der Waals surface area contributed by atoms with Gasteiger partial charge in [0.1, 0.15) is 5.82 Å². The summed E-state index contributed by atoms with van der Waals surface area (Å²) < 4.78 is 24.7. The number of rotatable bonds is 4. The average Bonchev–Trinajstić information content (AvgIpc) is 3.58. The van der Waals surface area contributed by atoms with E-state index in [0.29, 0.717) is 51.2 Å². The molecule has 0 bridgehead atoms. The van der Waals surface area contributed by atoms with Gasteiger partial charge in [0.05, 0.1) is 30.1 Å². The molecule has 1 saturated heterocycles. The van der Waals surface area contributed by atoms with Crippen molar-refractivity contribution >= 4 is 17.2 Å². The zero-order valence-electron chi connectivity index (χ0n) is 20.4. The number of aryl methyl sites for hydroxylation is 1. The van der Waals surface area contributed by atoms with Crippen LogP contribution in [0.1, 0.15) is 73.2 Å². The lowest BCUT2D eigenvalue weighted by atomic mass is 9.86. The molecule has 9 heteroatoms. The number of fused-ring (bicyclic) bond motifs is 1. The molecule has 3 atom stereocenters. The topological polar surface area (TPSA) is 74.3 Å². The van der Waals surface area contributed by atoms with E-state index in [1.165, 1.54) is 23.4 Å². The van der Waals surface area contributed by atoms with Crippen LogP contribution in [0, 0.1) is 19.7 Å². The molecule has 3 aromatic heterocycles. The van der Waals surface area contributed by atoms with E-state index in [1.54, 1.807) is 26.0 Å². The Bertz CT molecular complexity index is 1540. The van der Waals surface area contributed by atoms with Crippen molar-refractivity contribution < 1.29 is 9.13 Å². The molecule has 1 aliphatic carbocycles. The van der Waals surface area contributed by atoms with Crippen molar-refractivity contribution in [2.75, 3.05) is 0 Å². The van der Waals surface area contributed by atoms with Crippen LogP contribution < -0.4 is 5.56 Å². The van der Waals surface area contributed by atoms with E-state index in [2.05, 4.69) is 16.3 Å². The van der Waals surface area contributed by atoms with E-state index in [1.807, 2.05) is 23.9 Å². The van der Waals surface area contributed by atoms with E-state index < -0.39 is 5.82 Å². The standard InChI is InChI=1S/C27H27ClFN5O2/c1-14-8-17(9-25(36-14)18-12-30-33(13-18)20-5-6-20)24-11-22(21-7-4-19(28)10-23(21)29)26-31-16(3)15(2)27(35)34(26)32-24/h4,7,10-14,17,20,25H,5-6,8-9H2,1-3H3/t14-,17+,25-/m1/s1. The number of aromatic nitrogens is 5. The first-order valence-electron chi connectivity index (χ1n) is 12.3. The molecular weight excluding hydrogens is 481 g/mol. The van der Waals surface area contributed by atoms with Gasteiger partial charge in [0.25, 0.3) is 5.56 Å². The minimum absolute atomic E-state index is 0.00930. The maximum Gasteiger partial charge on any atom is 0.277 e. The highest BCUT2D eigenvalue weighted by atomic mass is 35.5. The van der Waals surface area contributed by atoms with Crippen LogP contribution in [0.15, 0.2) is 41.5 Å². The molecule has 0 unspecified atom stereocenters. The summed E-state index contributed by atoms with van der Waals surface area (Å²) in [5.74, 6) is -0.463. The maximum atomic E-state index is 15.1. The lowest BCUT2D eigenvalue weighted by Gasteiger charge is -2.33. The summed E-state index contributed by atoms with van der Waals surface area (Å²) in [6.45, 7) is 5.56. The molecule has 7 nitrogen and oxygen atoms in total. The molecule has 6 rings (SSSR count). The van der Waals surface area contributed by atoms with Crippen LogP contribution in [0.5, 0.6) is 0 Å². The Hall–Kier alpha value is -3.10. The molecule has 0 spiro atoms. The quantitative estimate of drug-likeness (QED) is 0.353. The number of benzene rings is 1. The van der Waals surface area contributed by atoms with Gasteiger partial charge in [-0.3, -0.25) is 9.48 Å². The maximum absolute atomic E-state index is 15.1. The van der Waals surface area contributed by atoms with Gasteiger partial charge >= 0.3 is 0 Å². The highest BCUT2D eigenvalue weighted by Crippen LogP contribution is 2.42. The van der Waals surface area contributed by atoms with Gasteiger partial charge in [0.15, 0.2) is 5.65 Å². The second-order valence-corrected chi connectivity index (χ2v) is 10.5. The Morgan fingerprint density at radius 1 is 1.14 bits per heavy atom. The summed E-state index contributed by atoms with van der Waals surface area (Å²) in [5, 5.41) is 9.59. The van der Waals surface area contributed by atoms with Gasteiger partial charge in [-0.15, -0.1) is 0 Å². The Labute approximate surface area is 212 Å². The van der Waals surface area contributed by atoms with Gasteiger partial charge in [0, 0.05) is 45.1 Å². The van der Waals surface area contributed by atoms with Crippen molar-refractivity contribution in [3.05, 3.63) is 80.4 Å².